The predicted octanol–water partition coefficient (Wildman–Crippen LogP) is 3.48. The van der Waals surface area contributed by atoms with Crippen LogP contribution in [0.15, 0.2) is 30.3 Å². The van der Waals surface area contributed by atoms with E-state index in [4.69, 9.17) is 27.9 Å². The summed E-state index contributed by atoms with van der Waals surface area (Å²) in [5, 5.41) is 14.5. The van der Waals surface area contributed by atoms with Gasteiger partial charge in [0.2, 0.25) is 0 Å². The summed E-state index contributed by atoms with van der Waals surface area (Å²) in [7, 11) is 1.65. The standard InChI is InChI=1S/C15H16Cl2N4O2/c1-23-8-2-7-18-14-6-5-12(20-21-14)15(22)19-13-9-10(16)3-4-11(13)17/h3-6,9H,2,7-8H2,1H3,(H,18,21)(H,19,22). The molecule has 122 valence electrons. The number of halogens is 2. The van der Waals surface area contributed by atoms with E-state index in [-0.39, 0.29) is 5.69 Å². The number of carbonyl (C=O) groups is 1. The van der Waals surface area contributed by atoms with Gasteiger partial charge in [0.1, 0.15) is 5.82 Å². The maximum atomic E-state index is 12.1. The predicted molar refractivity (Wildman–Crippen MR) is 91.4 cm³/mol. The summed E-state index contributed by atoms with van der Waals surface area (Å²) in [5.41, 5.74) is 0.608. The second-order valence-corrected chi connectivity index (χ2v) is 5.50. The first-order chi connectivity index (χ1) is 11.1. The summed E-state index contributed by atoms with van der Waals surface area (Å²) in [6.07, 6.45) is 0.855. The second kappa shape index (κ2) is 8.67. The Morgan fingerprint density at radius 2 is 2.04 bits per heavy atom. The van der Waals surface area contributed by atoms with Crippen LogP contribution in [0.5, 0.6) is 0 Å². The van der Waals surface area contributed by atoms with Gasteiger partial charge in [-0.05, 0) is 36.8 Å². The second-order valence-electron chi connectivity index (χ2n) is 4.66. The van der Waals surface area contributed by atoms with Gasteiger partial charge in [0.15, 0.2) is 5.69 Å². The molecule has 0 spiro atoms. The van der Waals surface area contributed by atoms with Crippen molar-refractivity contribution in [3.05, 3.63) is 46.1 Å². The molecule has 0 aliphatic heterocycles. The summed E-state index contributed by atoms with van der Waals surface area (Å²) in [6.45, 7) is 1.38. The number of methoxy groups -OCH3 is 1. The quantitative estimate of drug-likeness (QED) is 0.744. The van der Waals surface area contributed by atoms with E-state index in [1.165, 1.54) is 0 Å². The zero-order chi connectivity index (χ0) is 16.7. The molecule has 0 unspecified atom stereocenters. The molecule has 2 rings (SSSR count). The van der Waals surface area contributed by atoms with Gasteiger partial charge in [0.25, 0.3) is 5.91 Å². The molecule has 1 aromatic carbocycles. The number of anilines is 2. The number of hydrogen-bond donors (Lipinski definition) is 2. The van der Waals surface area contributed by atoms with Crippen molar-refractivity contribution in [2.24, 2.45) is 0 Å². The van der Waals surface area contributed by atoms with Gasteiger partial charge < -0.3 is 15.4 Å². The number of carbonyl (C=O) groups excluding carboxylic acids is 1. The van der Waals surface area contributed by atoms with Crippen molar-refractivity contribution in [2.45, 2.75) is 6.42 Å². The monoisotopic (exact) mass is 354 g/mol. The van der Waals surface area contributed by atoms with Crippen molar-refractivity contribution >= 4 is 40.6 Å². The molecule has 0 atom stereocenters. The summed E-state index contributed by atoms with van der Waals surface area (Å²) in [5.74, 6) is 0.186. The van der Waals surface area contributed by atoms with Crippen molar-refractivity contribution in [1.29, 1.82) is 0 Å². The van der Waals surface area contributed by atoms with Crippen LogP contribution in [0.3, 0.4) is 0 Å². The number of ether oxygens (including phenoxy) is 1. The van der Waals surface area contributed by atoms with E-state index in [0.29, 0.717) is 34.7 Å². The van der Waals surface area contributed by atoms with E-state index in [9.17, 15) is 4.79 Å². The van der Waals surface area contributed by atoms with Crippen LogP contribution in [0, 0.1) is 0 Å². The van der Waals surface area contributed by atoms with E-state index in [2.05, 4.69) is 20.8 Å². The van der Waals surface area contributed by atoms with Crippen LogP contribution in [0.25, 0.3) is 0 Å². The van der Waals surface area contributed by atoms with E-state index >= 15 is 0 Å². The Morgan fingerprint density at radius 3 is 2.74 bits per heavy atom. The Kier molecular flexibility index (Phi) is 6.58. The molecule has 0 saturated carbocycles. The average molecular weight is 355 g/mol. The third-order valence-electron chi connectivity index (χ3n) is 2.91. The van der Waals surface area contributed by atoms with Crippen molar-refractivity contribution in [1.82, 2.24) is 10.2 Å². The first kappa shape index (κ1) is 17.5. The highest BCUT2D eigenvalue weighted by Crippen LogP contribution is 2.25. The van der Waals surface area contributed by atoms with Crippen LogP contribution in [0.2, 0.25) is 10.0 Å². The fraction of sp³-hybridized carbons (Fsp3) is 0.267. The number of aromatic nitrogens is 2. The number of rotatable bonds is 7. The largest absolute Gasteiger partial charge is 0.385 e. The lowest BCUT2D eigenvalue weighted by Gasteiger charge is -2.08. The molecule has 0 saturated heterocycles. The molecule has 0 aliphatic carbocycles. The Hall–Kier alpha value is -1.89. The minimum atomic E-state index is -0.410. The highest BCUT2D eigenvalue weighted by molar-refractivity contribution is 6.35. The third kappa shape index (κ3) is 5.35. The lowest BCUT2D eigenvalue weighted by Crippen LogP contribution is -2.15. The topological polar surface area (TPSA) is 76.1 Å². The molecule has 2 N–H and O–H groups in total. The van der Waals surface area contributed by atoms with E-state index in [1.807, 2.05) is 0 Å². The van der Waals surface area contributed by atoms with Gasteiger partial charge in [0, 0.05) is 25.3 Å². The summed E-state index contributed by atoms with van der Waals surface area (Å²) < 4.78 is 4.96. The number of amides is 1. The minimum absolute atomic E-state index is 0.184. The van der Waals surface area contributed by atoms with E-state index in [1.54, 1.807) is 37.4 Å². The van der Waals surface area contributed by atoms with Crippen LogP contribution in [-0.4, -0.2) is 36.4 Å². The molecule has 2 aromatic rings. The van der Waals surface area contributed by atoms with Crippen molar-refractivity contribution in [3.63, 3.8) is 0 Å². The van der Waals surface area contributed by atoms with Crippen molar-refractivity contribution < 1.29 is 9.53 Å². The maximum Gasteiger partial charge on any atom is 0.276 e. The fourth-order valence-corrected chi connectivity index (χ4v) is 2.10. The molecular formula is C15H16Cl2N4O2. The first-order valence-corrected chi connectivity index (χ1v) is 7.68. The molecule has 0 fully saturated rings. The highest BCUT2D eigenvalue weighted by atomic mass is 35.5. The lowest BCUT2D eigenvalue weighted by atomic mass is 10.3. The summed E-state index contributed by atoms with van der Waals surface area (Å²) in [6, 6.07) is 8.09. The van der Waals surface area contributed by atoms with Crippen molar-refractivity contribution in [3.8, 4) is 0 Å². The van der Waals surface area contributed by atoms with E-state index in [0.717, 1.165) is 6.42 Å². The molecule has 8 heteroatoms. The Balaban J connectivity index is 1.96. The van der Waals surface area contributed by atoms with Gasteiger partial charge in [-0.1, -0.05) is 23.2 Å². The van der Waals surface area contributed by atoms with E-state index < -0.39 is 5.91 Å². The normalized spacial score (nSPS) is 10.4. The number of benzene rings is 1. The van der Waals surface area contributed by atoms with Gasteiger partial charge in [-0.3, -0.25) is 4.79 Å². The summed E-state index contributed by atoms with van der Waals surface area (Å²) in [4.78, 5) is 12.1. The van der Waals surface area contributed by atoms with Crippen LogP contribution in [0.1, 0.15) is 16.9 Å². The molecule has 6 nitrogen and oxygen atoms in total. The molecule has 1 aromatic heterocycles. The maximum absolute atomic E-state index is 12.1. The third-order valence-corrected chi connectivity index (χ3v) is 3.47. The van der Waals surface area contributed by atoms with Gasteiger partial charge in [-0.2, -0.15) is 0 Å². The molecule has 0 radical (unpaired) electrons. The molecule has 1 heterocycles. The highest BCUT2D eigenvalue weighted by Gasteiger charge is 2.11. The number of nitrogens with zero attached hydrogens (tertiary/aromatic N) is 2. The Labute approximate surface area is 144 Å². The Morgan fingerprint density at radius 1 is 1.22 bits per heavy atom. The van der Waals surface area contributed by atoms with Gasteiger partial charge >= 0.3 is 0 Å². The van der Waals surface area contributed by atoms with Crippen LogP contribution < -0.4 is 10.6 Å². The molecule has 0 bridgehead atoms. The van der Waals surface area contributed by atoms with Gasteiger partial charge in [-0.25, -0.2) is 0 Å². The van der Waals surface area contributed by atoms with Gasteiger partial charge in [-0.15, -0.1) is 10.2 Å². The first-order valence-electron chi connectivity index (χ1n) is 6.93. The molecule has 0 aliphatic rings. The zero-order valence-electron chi connectivity index (χ0n) is 12.5. The average Bonchev–Trinajstić information content (AvgIpc) is 2.55. The molecule has 1 amide bonds. The number of nitrogens with one attached hydrogen (secondary N) is 2. The van der Waals surface area contributed by atoms with Crippen LogP contribution in [0.4, 0.5) is 11.5 Å². The Bertz CT molecular complexity index is 665. The SMILES string of the molecule is COCCCNc1ccc(C(=O)Nc2cc(Cl)ccc2Cl)nn1. The van der Waals surface area contributed by atoms with Crippen molar-refractivity contribution in [2.75, 3.05) is 30.9 Å². The molecule has 23 heavy (non-hydrogen) atoms. The molecular weight excluding hydrogens is 339 g/mol. The van der Waals surface area contributed by atoms with Crippen LogP contribution >= 0.6 is 23.2 Å². The smallest absolute Gasteiger partial charge is 0.276 e. The van der Waals surface area contributed by atoms with Crippen LogP contribution in [-0.2, 0) is 4.74 Å². The minimum Gasteiger partial charge on any atom is -0.385 e. The fourth-order valence-electron chi connectivity index (χ4n) is 1.76. The lowest BCUT2D eigenvalue weighted by molar-refractivity contribution is 0.102. The summed E-state index contributed by atoms with van der Waals surface area (Å²) >= 11 is 11.9. The van der Waals surface area contributed by atoms with Gasteiger partial charge in [0.05, 0.1) is 10.7 Å². The zero-order valence-corrected chi connectivity index (χ0v) is 14.0. The number of hydrogen-bond acceptors (Lipinski definition) is 5.